The van der Waals surface area contributed by atoms with E-state index in [0.29, 0.717) is 11.4 Å². The molecule has 0 saturated carbocycles. The third kappa shape index (κ3) is 4.18. The van der Waals surface area contributed by atoms with Crippen LogP contribution in [-0.2, 0) is 20.9 Å². The van der Waals surface area contributed by atoms with Crippen LogP contribution in [-0.4, -0.2) is 29.5 Å². The largest absolute Gasteiger partial charge is 0.482 e. The second-order valence-corrected chi connectivity index (χ2v) is 5.94. The Kier molecular flexibility index (Phi) is 5.17. The quantitative estimate of drug-likeness (QED) is 0.735. The molecule has 26 heavy (non-hydrogen) atoms. The Morgan fingerprint density at radius 1 is 1.19 bits per heavy atom. The van der Waals surface area contributed by atoms with Crippen LogP contribution in [0.5, 0.6) is 5.75 Å². The number of amides is 2. The molecule has 3 N–H and O–H groups in total. The van der Waals surface area contributed by atoms with Gasteiger partial charge in [0, 0.05) is 18.7 Å². The Bertz CT molecular complexity index is 849. The minimum absolute atomic E-state index is 0.102. The Balaban J connectivity index is 1.65. The zero-order valence-corrected chi connectivity index (χ0v) is 13.9. The summed E-state index contributed by atoms with van der Waals surface area (Å²) in [5, 5.41) is 14.2. The number of anilines is 1. The summed E-state index contributed by atoms with van der Waals surface area (Å²) in [4.78, 5) is 35.0. The molecule has 134 valence electrons. The monoisotopic (exact) mass is 354 g/mol. The fourth-order valence-corrected chi connectivity index (χ4v) is 2.85. The number of carboxylic acids is 1. The Labute approximate surface area is 150 Å². The molecule has 0 saturated heterocycles. The third-order valence-electron chi connectivity index (χ3n) is 4.04. The number of hydrogen-bond donors (Lipinski definition) is 3. The van der Waals surface area contributed by atoms with Gasteiger partial charge in [0.2, 0.25) is 11.8 Å². The van der Waals surface area contributed by atoms with Crippen molar-refractivity contribution in [3.8, 4) is 5.75 Å². The van der Waals surface area contributed by atoms with E-state index in [4.69, 9.17) is 9.84 Å². The Morgan fingerprint density at radius 2 is 2.00 bits per heavy atom. The van der Waals surface area contributed by atoms with Crippen LogP contribution in [0.15, 0.2) is 48.5 Å². The standard InChI is InChI=1S/C19H18N2O5/c22-17-9-15(14-6-1-2-7-16(14)21-17)19(25)20-10-12-4-3-5-13(8-12)26-11-18(23)24/h1-8,15H,9-11H2,(H,20,25)(H,21,22)(H,23,24)/t15-/m0/s1. The number of carbonyl (C=O) groups excluding carboxylic acids is 2. The zero-order valence-electron chi connectivity index (χ0n) is 13.9. The Hall–Kier alpha value is -3.35. The first-order valence-electron chi connectivity index (χ1n) is 8.13. The van der Waals surface area contributed by atoms with Crippen LogP contribution in [0.3, 0.4) is 0 Å². The van der Waals surface area contributed by atoms with E-state index < -0.39 is 18.5 Å². The van der Waals surface area contributed by atoms with Crippen LogP contribution < -0.4 is 15.4 Å². The average Bonchev–Trinajstić information content (AvgIpc) is 2.64. The van der Waals surface area contributed by atoms with Gasteiger partial charge in [0.15, 0.2) is 6.61 Å². The second kappa shape index (κ2) is 7.69. The molecule has 0 radical (unpaired) electrons. The van der Waals surface area contributed by atoms with Gasteiger partial charge in [0.25, 0.3) is 0 Å². The average molecular weight is 354 g/mol. The van der Waals surface area contributed by atoms with Crippen LogP contribution in [0, 0.1) is 0 Å². The van der Waals surface area contributed by atoms with Gasteiger partial charge in [-0.15, -0.1) is 0 Å². The van der Waals surface area contributed by atoms with Crippen molar-refractivity contribution < 1.29 is 24.2 Å². The summed E-state index contributed by atoms with van der Waals surface area (Å²) in [7, 11) is 0. The van der Waals surface area contributed by atoms with Crippen molar-refractivity contribution in [2.45, 2.75) is 18.9 Å². The number of para-hydroxylation sites is 1. The van der Waals surface area contributed by atoms with Crippen molar-refractivity contribution in [1.29, 1.82) is 0 Å². The summed E-state index contributed by atoms with van der Waals surface area (Å²) in [5.74, 6) is -1.59. The van der Waals surface area contributed by atoms with E-state index in [1.54, 1.807) is 30.3 Å². The van der Waals surface area contributed by atoms with Crippen LogP contribution in [0.2, 0.25) is 0 Å². The molecule has 0 spiro atoms. The maximum atomic E-state index is 12.6. The molecule has 1 aliphatic heterocycles. The summed E-state index contributed by atoms with van der Waals surface area (Å²) in [5.41, 5.74) is 2.23. The van der Waals surface area contributed by atoms with Gasteiger partial charge in [0.1, 0.15) is 5.75 Å². The number of rotatable bonds is 6. The first kappa shape index (κ1) is 17.5. The van der Waals surface area contributed by atoms with E-state index in [1.807, 2.05) is 18.2 Å². The molecule has 0 fully saturated rings. The van der Waals surface area contributed by atoms with Crippen molar-refractivity contribution in [3.05, 3.63) is 59.7 Å². The van der Waals surface area contributed by atoms with Crippen molar-refractivity contribution in [1.82, 2.24) is 5.32 Å². The summed E-state index contributed by atoms with van der Waals surface area (Å²) < 4.78 is 5.13. The van der Waals surface area contributed by atoms with E-state index in [1.165, 1.54) is 0 Å². The first-order chi connectivity index (χ1) is 12.5. The summed E-state index contributed by atoms with van der Waals surface area (Å²) >= 11 is 0. The molecule has 0 aromatic heterocycles. The number of nitrogens with one attached hydrogen (secondary N) is 2. The fourth-order valence-electron chi connectivity index (χ4n) is 2.85. The zero-order chi connectivity index (χ0) is 18.5. The molecule has 2 aromatic rings. The highest BCUT2D eigenvalue weighted by molar-refractivity contribution is 6.01. The van der Waals surface area contributed by atoms with Gasteiger partial charge in [-0.3, -0.25) is 9.59 Å². The number of ether oxygens (including phenoxy) is 1. The molecule has 1 atom stereocenters. The second-order valence-electron chi connectivity index (χ2n) is 5.94. The molecule has 2 amide bonds. The molecule has 0 aliphatic carbocycles. The summed E-state index contributed by atoms with van der Waals surface area (Å²) in [6, 6.07) is 14.1. The minimum Gasteiger partial charge on any atom is -0.482 e. The third-order valence-corrected chi connectivity index (χ3v) is 4.04. The van der Waals surface area contributed by atoms with Crippen molar-refractivity contribution in [3.63, 3.8) is 0 Å². The van der Waals surface area contributed by atoms with Gasteiger partial charge in [0.05, 0.1) is 5.92 Å². The lowest BCUT2D eigenvalue weighted by Crippen LogP contribution is -2.34. The molecule has 1 aliphatic rings. The molecule has 0 unspecified atom stereocenters. The normalized spacial score (nSPS) is 15.5. The minimum atomic E-state index is -1.06. The van der Waals surface area contributed by atoms with Crippen molar-refractivity contribution >= 4 is 23.5 Å². The van der Waals surface area contributed by atoms with E-state index >= 15 is 0 Å². The molecule has 2 aromatic carbocycles. The van der Waals surface area contributed by atoms with Crippen LogP contribution in [0.1, 0.15) is 23.5 Å². The smallest absolute Gasteiger partial charge is 0.341 e. The maximum absolute atomic E-state index is 12.6. The highest BCUT2D eigenvalue weighted by atomic mass is 16.5. The van der Waals surface area contributed by atoms with Gasteiger partial charge in [-0.1, -0.05) is 30.3 Å². The summed E-state index contributed by atoms with van der Waals surface area (Å²) in [6.45, 7) is -0.173. The molecule has 7 nitrogen and oxygen atoms in total. The van der Waals surface area contributed by atoms with Gasteiger partial charge in [-0.05, 0) is 29.3 Å². The molecular weight excluding hydrogens is 336 g/mol. The van der Waals surface area contributed by atoms with Gasteiger partial charge < -0.3 is 20.5 Å². The lowest BCUT2D eigenvalue weighted by atomic mass is 9.90. The Morgan fingerprint density at radius 3 is 2.81 bits per heavy atom. The maximum Gasteiger partial charge on any atom is 0.341 e. The van der Waals surface area contributed by atoms with E-state index in [0.717, 1.165) is 11.1 Å². The lowest BCUT2D eigenvalue weighted by Gasteiger charge is -2.24. The number of hydrogen-bond acceptors (Lipinski definition) is 4. The number of benzene rings is 2. The molecule has 3 rings (SSSR count). The molecular formula is C19H18N2O5. The van der Waals surface area contributed by atoms with Gasteiger partial charge in [-0.2, -0.15) is 0 Å². The summed E-state index contributed by atoms with van der Waals surface area (Å²) in [6.07, 6.45) is 0.102. The number of carbonyl (C=O) groups is 3. The number of fused-ring (bicyclic) bond motifs is 1. The van der Waals surface area contributed by atoms with Crippen molar-refractivity contribution in [2.24, 2.45) is 0 Å². The van der Waals surface area contributed by atoms with E-state index in [2.05, 4.69) is 10.6 Å². The van der Waals surface area contributed by atoms with Crippen LogP contribution >= 0.6 is 0 Å². The first-order valence-corrected chi connectivity index (χ1v) is 8.13. The van der Waals surface area contributed by atoms with Crippen LogP contribution in [0.25, 0.3) is 0 Å². The van der Waals surface area contributed by atoms with E-state index in [9.17, 15) is 14.4 Å². The van der Waals surface area contributed by atoms with E-state index in [-0.39, 0.29) is 24.8 Å². The molecule has 0 bridgehead atoms. The van der Waals surface area contributed by atoms with Crippen molar-refractivity contribution in [2.75, 3.05) is 11.9 Å². The SMILES string of the molecule is O=C(O)COc1cccc(CNC(=O)[C@H]2CC(=O)Nc3ccccc32)c1. The topological polar surface area (TPSA) is 105 Å². The van der Waals surface area contributed by atoms with Gasteiger partial charge in [-0.25, -0.2) is 4.79 Å². The highest BCUT2D eigenvalue weighted by Gasteiger charge is 2.30. The lowest BCUT2D eigenvalue weighted by molar-refractivity contribution is -0.139. The number of carboxylic acid groups (broad SMARTS) is 1. The predicted molar refractivity (Wildman–Crippen MR) is 93.8 cm³/mol. The highest BCUT2D eigenvalue weighted by Crippen LogP contribution is 2.32. The number of aliphatic carboxylic acids is 1. The van der Waals surface area contributed by atoms with Gasteiger partial charge >= 0.3 is 5.97 Å². The predicted octanol–water partition coefficient (Wildman–Crippen LogP) is 1.89. The molecule has 7 heteroatoms. The fraction of sp³-hybridized carbons (Fsp3) is 0.211. The molecule has 1 heterocycles. The van der Waals surface area contributed by atoms with Crippen LogP contribution in [0.4, 0.5) is 5.69 Å².